The minimum absolute atomic E-state index is 0.129. The molecule has 0 spiro atoms. The molecule has 3 aromatic rings. The number of aromatic nitrogens is 2. The number of nitrogens with zero attached hydrogens (tertiary/aromatic N) is 3. The molecule has 5 rings (SSSR count). The van der Waals surface area contributed by atoms with Crippen LogP contribution in [0.15, 0.2) is 59.4 Å². The van der Waals surface area contributed by atoms with Crippen LogP contribution in [0.4, 0.5) is 0 Å². The molecule has 6 nitrogen and oxygen atoms in total. The van der Waals surface area contributed by atoms with Gasteiger partial charge in [0.05, 0.1) is 17.5 Å². The zero-order valence-corrected chi connectivity index (χ0v) is 15.5. The van der Waals surface area contributed by atoms with Crippen LogP contribution in [0.25, 0.3) is 10.9 Å². The summed E-state index contributed by atoms with van der Waals surface area (Å²) >= 11 is 0. The Morgan fingerprint density at radius 1 is 0.893 bits per heavy atom. The van der Waals surface area contributed by atoms with Crippen molar-refractivity contribution >= 4 is 16.9 Å². The van der Waals surface area contributed by atoms with Crippen LogP contribution in [-0.4, -0.2) is 28.3 Å². The summed E-state index contributed by atoms with van der Waals surface area (Å²) in [4.78, 5) is 30.9. The van der Waals surface area contributed by atoms with Gasteiger partial charge in [0.1, 0.15) is 11.9 Å². The molecule has 0 amide bonds. The minimum atomic E-state index is -0.500. The van der Waals surface area contributed by atoms with E-state index in [0.29, 0.717) is 29.8 Å². The number of benzene rings is 2. The molecule has 0 saturated carbocycles. The van der Waals surface area contributed by atoms with Gasteiger partial charge in [0.2, 0.25) is 0 Å². The molecule has 1 saturated heterocycles. The molecule has 28 heavy (non-hydrogen) atoms. The first-order valence-electron chi connectivity index (χ1n) is 9.76. The number of esters is 1. The first-order chi connectivity index (χ1) is 13.8. The summed E-state index contributed by atoms with van der Waals surface area (Å²) in [7, 11) is 0. The molecule has 1 aromatic heterocycles. The highest BCUT2D eigenvalue weighted by molar-refractivity contribution is 5.85. The zero-order chi connectivity index (χ0) is 19.1. The highest BCUT2D eigenvalue weighted by atomic mass is 16.5. The van der Waals surface area contributed by atoms with Gasteiger partial charge in [0.15, 0.2) is 6.04 Å². The molecule has 0 aliphatic carbocycles. The maximum Gasteiger partial charge on any atom is 0.333 e. The Morgan fingerprint density at radius 2 is 1.68 bits per heavy atom. The molecular weight excluding hydrogens is 354 g/mol. The van der Waals surface area contributed by atoms with E-state index in [1.807, 2.05) is 53.5 Å². The molecule has 2 aromatic carbocycles. The predicted octanol–water partition coefficient (Wildman–Crippen LogP) is 2.73. The van der Waals surface area contributed by atoms with E-state index in [9.17, 15) is 9.59 Å². The Balaban J connectivity index is 1.69. The van der Waals surface area contributed by atoms with Crippen LogP contribution in [-0.2, 0) is 16.0 Å². The summed E-state index contributed by atoms with van der Waals surface area (Å²) in [5.74, 6) is 0.434. The number of rotatable bonds is 1. The fraction of sp³-hybridized carbons (Fsp3) is 0.318. The van der Waals surface area contributed by atoms with E-state index in [1.165, 1.54) is 0 Å². The maximum atomic E-state index is 13.4. The molecule has 2 aliphatic heterocycles. The number of carbonyl (C=O) groups is 1. The highest BCUT2D eigenvalue weighted by Crippen LogP contribution is 2.42. The molecule has 2 atom stereocenters. The largest absolute Gasteiger partial charge is 0.464 e. The quantitative estimate of drug-likeness (QED) is 0.483. The summed E-state index contributed by atoms with van der Waals surface area (Å²) in [6.45, 7) is 0.422. The van der Waals surface area contributed by atoms with Crippen LogP contribution in [0.1, 0.15) is 36.7 Å². The number of carbonyl (C=O) groups excluding carboxylic acids is 1. The second-order valence-electron chi connectivity index (χ2n) is 7.32. The van der Waals surface area contributed by atoms with E-state index in [0.717, 1.165) is 24.8 Å². The summed E-state index contributed by atoms with van der Waals surface area (Å²) in [6, 6.07) is 16.5. The average Bonchev–Trinajstić information content (AvgIpc) is 3.46. The number of cyclic esters (lactones) is 1. The van der Waals surface area contributed by atoms with Crippen molar-refractivity contribution in [3.63, 3.8) is 0 Å². The van der Waals surface area contributed by atoms with Crippen molar-refractivity contribution in [1.29, 1.82) is 0 Å². The third-order valence-electron chi connectivity index (χ3n) is 5.50. The van der Waals surface area contributed by atoms with Gasteiger partial charge >= 0.3 is 5.97 Å². The fourth-order valence-electron chi connectivity index (χ4n) is 4.08. The summed E-state index contributed by atoms with van der Waals surface area (Å²) in [6.07, 6.45) is 3.35. The van der Waals surface area contributed by atoms with E-state index in [2.05, 4.69) is 0 Å². The highest BCUT2D eigenvalue weighted by Gasteiger charge is 2.56. The van der Waals surface area contributed by atoms with Gasteiger partial charge in [-0.25, -0.2) is 14.5 Å². The van der Waals surface area contributed by atoms with Crippen molar-refractivity contribution < 1.29 is 9.53 Å². The average molecular weight is 375 g/mol. The SMILES string of the molecule is O=C1OCCCCCc2nc3ccccc3c(=O)n2N2C1C2c1ccccc1. The lowest BCUT2D eigenvalue weighted by atomic mass is 10.1. The van der Waals surface area contributed by atoms with Crippen LogP contribution in [0.2, 0.25) is 0 Å². The third-order valence-corrected chi connectivity index (χ3v) is 5.50. The van der Waals surface area contributed by atoms with Crippen LogP contribution in [0.5, 0.6) is 0 Å². The third kappa shape index (κ3) is 2.76. The predicted molar refractivity (Wildman–Crippen MR) is 106 cm³/mol. The fourth-order valence-corrected chi connectivity index (χ4v) is 4.08. The van der Waals surface area contributed by atoms with Gasteiger partial charge in [-0.15, -0.1) is 0 Å². The normalized spacial score (nSPS) is 22.0. The summed E-state index contributed by atoms with van der Waals surface area (Å²) in [5, 5.41) is 2.40. The van der Waals surface area contributed by atoms with Crippen molar-refractivity contribution in [2.45, 2.75) is 37.8 Å². The Bertz CT molecular complexity index is 1090. The van der Waals surface area contributed by atoms with E-state index < -0.39 is 6.04 Å². The molecule has 3 heterocycles. The number of ether oxygens (including phenoxy) is 1. The first kappa shape index (κ1) is 17.0. The molecule has 142 valence electrons. The van der Waals surface area contributed by atoms with E-state index in [-0.39, 0.29) is 17.6 Å². The second-order valence-corrected chi connectivity index (χ2v) is 7.32. The van der Waals surface area contributed by atoms with Crippen molar-refractivity contribution in [3.05, 3.63) is 76.3 Å². The van der Waals surface area contributed by atoms with E-state index in [4.69, 9.17) is 9.72 Å². The number of aryl methyl sites for hydroxylation is 1. The summed E-state index contributed by atoms with van der Waals surface area (Å²) < 4.78 is 7.13. The van der Waals surface area contributed by atoms with Gasteiger partial charge in [-0.05, 0) is 37.0 Å². The number of hydrogen-bond acceptors (Lipinski definition) is 5. The van der Waals surface area contributed by atoms with Crippen LogP contribution < -0.4 is 10.6 Å². The van der Waals surface area contributed by atoms with Crippen molar-refractivity contribution in [2.24, 2.45) is 0 Å². The monoisotopic (exact) mass is 375 g/mol. The van der Waals surface area contributed by atoms with Gasteiger partial charge in [0.25, 0.3) is 5.56 Å². The standard InChI is InChI=1S/C22H21N3O3/c26-21-16-11-6-7-12-17(16)23-18-13-5-2-8-14-28-22(27)20-19(25(20)24(18)21)15-9-3-1-4-10-15/h1,3-4,6-7,9-12,19-20H,2,5,8,13-14H2. The number of para-hydroxylation sites is 1. The van der Waals surface area contributed by atoms with E-state index >= 15 is 0 Å². The van der Waals surface area contributed by atoms with Crippen LogP contribution >= 0.6 is 0 Å². The lowest BCUT2D eigenvalue weighted by Gasteiger charge is -2.16. The van der Waals surface area contributed by atoms with Crippen molar-refractivity contribution in [2.75, 3.05) is 11.6 Å². The van der Waals surface area contributed by atoms with Gasteiger partial charge in [0, 0.05) is 6.42 Å². The number of fused-ring (bicyclic) bond motifs is 4. The second kappa shape index (κ2) is 6.78. The van der Waals surface area contributed by atoms with E-state index in [1.54, 1.807) is 10.7 Å². The number of hydrogen-bond donors (Lipinski definition) is 0. The Hall–Kier alpha value is -3.15. The zero-order valence-electron chi connectivity index (χ0n) is 15.5. The lowest BCUT2D eigenvalue weighted by molar-refractivity contribution is -0.143. The van der Waals surface area contributed by atoms with Gasteiger partial charge < -0.3 is 4.74 Å². The molecular formula is C22H21N3O3. The van der Waals surface area contributed by atoms with Crippen molar-refractivity contribution in [3.8, 4) is 0 Å². The smallest absolute Gasteiger partial charge is 0.333 e. The van der Waals surface area contributed by atoms with Gasteiger partial charge in [-0.3, -0.25) is 9.80 Å². The lowest BCUT2D eigenvalue weighted by Crippen LogP contribution is -2.35. The first-order valence-corrected chi connectivity index (χ1v) is 9.76. The maximum absolute atomic E-state index is 13.4. The molecule has 1 fully saturated rings. The van der Waals surface area contributed by atoms with Crippen LogP contribution in [0, 0.1) is 0 Å². The minimum Gasteiger partial charge on any atom is -0.464 e. The Morgan fingerprint density at radius 3 is 2.54 bits per heavy atom. The Kier molecular flexibility index (Phi) is 4.11. The Labute approximate surface area is 162 Å². The summed E-state index contributed by atoms with van der Waals surface area (Å²) in [5.41, 5.74) is 1.56. The molecule has 6 heteroatoms. The molecule has 0 bridgehead atoms. The van der Waals surface area contributed by atoms with Gasteiger partial charge in [-0.1, -0.05) is 42.5 Å². The molecule has 2 unspecified atom stereocenters. The van der Waals surface area contributed by atoms with Crippen LogP contribution in [0.3, 0.4) is 0 Å². The topological polar surface area (TPSA) is 64.2 Å². The molecule has 2 aliphatic rings. The van der Waals surface area contributed by atoms with Crippen molar-refractivity contribution in [1.82, 2.24) is 9.66 Å². The molecule has 0 radical (unpaired) electrons. The van der Waals surface area contributed by atoms with Gasteiger partial charge in [-0.2, -0.15) is 0 Å². The molecule has 0 N–H and O–H groups in total.